The fourth-order valence-electron chi connectivity index (χ4n) is 4.75. The molecule has 3 aromatic heterocycles. The van der Waals surface area contributed by atoms with Crippen LogP contribution in [0.4, 0.5) is 36.3 Å². The highest BCUT2D eigenvalue weighted by atomic mass is 19.4. The lowest BCUT2D eigenvalue weighted by Gasteiger charge is -2.14. The van der Waals surface area contributed by atoms with Crippen LogP contribution >= 0.6 is 0 Å². The van der Waals surface area contributed by atoms with Gasteiger partial charge in [0.05, 0.1) is 23.0 Å². The standard InChI is InChI=1S/C31H35F3N10O/c1-19-8-9-23(38-29(45)21-12-22(31(32,33)34)14-24(13-21)44-17-20(2)37-18-44)15-26(19)39-27-25-16-36-30(40-28(25)43(5)41-27)35-10-6-7-11-42(3)4/h8-9,12-18H,6-7,10-11H2,1-5H3,(H,38,45)(H,39,41)(H,35,36,40). The van der Waals surface area contributed by atoms with Crippen molar-refractivity contribution >= 4 is 40.1 Å². The summed E-state index contributed by atoms with van der Waals surface area (Å²) in [4.78, 5) is 28.5. The van der Waals surface area contributed by atoms with E-state index in [0.29, 0.717) is 39.9 Å². The van der Waals surface area contributed by atoms with Crippen molar-refractivity contribution in [2.75, 3.05) is 43.1 Å². The molecule has 0 fully saturated rings. The molecule has 236 valence electrons. The van der Waals surface area contributed by atoms with Crippen LogP contribution in [0, 0.1) is 13.8 Å². The third kappa shape index (κ3) is 7.58. The summed E-state index contributed by atoms with van der Waals surface area (Å²) in [5.74, 6) is 0.353. The average Bonchev–Trinajstić information content (AvgIpc) is 3.56. The first kappa shape index (κ1) is 31.4. The molecule has 0 saturated carbocycles. The molecule has 1 amide bonds. The maximum absolute atomic E-state index is 13.7. The zero-order valence-electron chi connectivity index (χ0n) is 25.7. The molecular formula is C31H35F3N10O. The second-order valence-electron chi connectivity index (χ2n) is 11.1. The van der Waals surface area contributed by atoms with Crippen molar-refractivity contribution in [3.05, 3.63) is 77.5 Å². The van der Waals surface area contributed by atoms with Gasteiger partial charge in [0.25, 0.3) is 5.91 Å². The number of alkyl halides is 3. The number of benzene rings is 2. The van der Waals surface area contributed by atoms with E-state index in [1.807, 2.05) is 21.0 Å². The monoisotopic (exact) mass is 620 g/mol. The van der Waals surface area contributed by atoms with Crippen molar-refractivity contribution < 1.29 is 18.0 Å². The van der Waals surface area contributed by atoms with Gasteiger partial charge in [0, 0.05) is 48.6 Å². The second kappa shape index (κ2) is 12.9. The van der Waals surface area contributed by atoms with E-state index >= 15 is 0 Å². The Hall–Kier alpha value is -4.98. The molecule has 0 aliphatic heterocycles. The molecule has 0 atom stereocenters. The molecule has 45 heavy (non-hydrogen) atoms. The van der Waals surface area contributed by atoms with Crippen LogP contribution in [0.1, 0.15) is 40.0 Å². The Bertz CT molecular complexity index is 1830. The van der Waals surface area contributed by atoms with Crippen LogP contribution in [0.25, 0.3) is 16.7 Å². The van der Waals surface area contributed by atoms with E-state index < -0.39 is 17.6 Å². The molecule has 0 aliphatic rings. The van der Waals surface area contributed by atoms with Crippen molar-refractivity contribution in [2.24, 2.45) is 7.05 Å². The van der Waals surface area contributed by atoms with Crippen LogP contribution < -0.4 is 16.0 Å². The predicted molar refractivity (Wildman–Crippen MR) is 168 cm³/mol. The molecule has 0 spiro atoms. The van der Waals surface area contributed by atoms with E-state index in [0.717, 1.165) is 43.6 Å². The molecule has 0 saturated heterocycles. The van der Waals surface area contributed by atoms with Gasteiger partial charge in [0.2, 0.25) is 5.95 Å². The lowest BCUT2D eigenvalue weighted by atomic mass is 10.1. The molecule has 11 nitrogen and oxygen atoms in total. The molecule has 3 heterocycles. The normalized spacial score (nSPS) is 11.8. The molecule has 14 heteroatoms. The number of imidazole rings is 1. The number of anilines is 4. The summed E-state index contributed by atoms with van der Waals surface area (Å²) in [6, 6.07) is 8.39. The van der Waals surface area contributed by atoms with Gasteiger partial charge in [-0.15, -0.1) is 0 Å². The topological polar surface area (TPSA) is 118 Å². The first-order valence-corrected chi connectivity index (χ1v) is 14.4. The van der Waals surface area contributed by atoms with Gasteiger partial charge >= 0.3 is 6.18 Å². The van der Waals surface area contributed by atoms with Gasteiger partial charge < -0.3 is 25.4 Å². The van der Waals surface area contributed by atoms with Gasteiger partial charge in [-0.2, -0.15) is 23.3 Å². The van der Waals surface area contributed by atoms with E-state index in [4.69, 9.17) is 0 Å². The van der Waals surface area contributed by atoms with Crippen LogP contribution in [0.2, 0.25) is 0 Å². The van der Waals surface area contributed by atoms with E-state index in [1.165, 1.54) is 17.0 Å². The predicted octanol–water partition coefficient (Wildman–Crippen LogP) is 5.93. The van der Waals surface area contributed by atoms with Gasteiger partial charge in [0.15, 0.2) is 11.5 Å². The molecule has 5 aromatic rings. The van der Waals surface area contributed by atoms with Crippen LogP contribution in [0.5, 0.6) is 0 Å². The molecule has 3 N–H and O–H groups in total. The summed E-state index contributed by atoms with van der Waals surface area (Å²) >= 11 is 0. The third-order valence-corrected chi connectivity index (χ3v) is 7.16. The van der Waals surface area contributed by atoms with Gasteiger partial charge in [-0.3, -0.25) is 4.79 Å². The number of hydrogen-bond donors (Lipinski definition) is 3. The maximum Gasteiger partial charge on any atom is 0.416 e. The lowest BCUT2D eigenvalue weighted by Crippen LogP contribution is -2.15. The minimum Gasteiger partial charge on any atom is -0.354 e. The first-order chi connectivity index (χ1) is 21.4. The highest BCUT2D eigenvalue weighted by Crippen LogP contribution is 2.33. The number of halogens is 3. The largest absolute Gasteiger partial charge is 0.416 e. The summed E-state index contributed by atoms with van der Waals surface area (Å²) in [5, 5.41) is 14.6. The lowest BCUT2D eigenvalue weighted by molar-refractivity contribution is -0.137. The summed E-state index contributed by atoms with van der Waals surface area (Å²) in [7, 11) is 5.89. The Morgan fingerprint density at radius 3 is 2.56 bits per heavy atom. The van der Waals surface area contributed by atoms with Crippen LogP contribution in [-0.2, 0) is 13.2 Å². The summed E-state index contributed by atoms with van der Waals surface area (Å²) in [5.41, 5.74) is 2.27. The summed E-state index contributed by atoms with van der Waals surface area (Å²) in [6.45, 7) is 5.39. The summed E-state index contributed by atoms with van der Waals surface area (Å²) in [6.07, 6.45) is 2.11. The molecule has 5 rings (SSSR count). The number of carbonyl (C=O) groups is 1. The minimum atomic E-state index is -4.64. The third-order valence-electron chi connectivity index (χ3n) is 7.16. The highest BCUT2D eigenvalue weighted by Gasteiger charge is 2.32. The molecule has 2 aromatic carbocycles. The number of hydrogen-bond acceptors (Lipinski definition) is 8. The minimum absolute atomic E-state index is 0.142. The number of unbranched alkanes of at least 4 members (excludes halogenated alkanes) is 1. The van der Waals surface area contributed by atoms with E-state index in [2.05, 4.69) is 40.9 Å². The van der Waals surface area contributed by atoms with Gasteiger partial charge in [-0.25, -0.2) is 14.6 Å². The average molecular weight is 621 g/mol. The Labute approximate surface area is 258 Å². The SMILES string of the molecule is Cc1cn(-c2cc(C(=O)Nc3ccc(C)c(Nc4nn(C)c5nc(NCCCCN(C)C)ncc45)c3)cc(C(F)(F)F)c2)cn1. The Kier molecular flexibility index (Phi) is 9.04. The van der Waals surface area contributed by atoms with E-state index in [-0.39, 0.29) is 11.3 Å². The number of nitrogens with one attached hydrogen (secondary N) is 3. The van der Waals surface area contributed by atoms with Gasteiger partial charge in [0.1, 0.15) is 0 Å². The molecule has 0 bridgehead atoms. The quantitative estimate of drug-likeness (QED) is 0.156. The number of aryl methyl sites for hydroxylation is 3. The Balaban J connectivity index is 1.34. The van der Waals surface area contributed by atoms with Gasteiger partial charge in [-0.1, -0.05) is 6.07 Å². The fourth-order valence-corrected chi connectivity index (χ4v) is 4.75. The van der Waals surface area contributed by atoms with Crippen molar-refractivity contribution in [3.8, 4) is 5.69 Å². The number of carbonyl (C=O) groups excluding carboxylic acids is 1. The van der Waals surface area contributed by atoms with E-state index in [9.17, 15) is 18.0 Å². The number of nitrogens with zero attached hydrogens (tertiary/aromatic N) is 7. The van der Waals surface area contributed by atoms with E-state index in [1.54, 1.807) is 49.2 Å². The fraction of sp³-hybridized carbons (Fsp3) is 0.323. The maximum atomic E-state index is 13.7. The number of rotatable bonds is 11. The van der Waals surface area contributed by atoms with Crippen LogP contribution in [0.3, 0.4) is 0 Å². The molecule has 0 radical (unpaired) electrons. The zero-order valence-corrected chi connectivity index (χ0v) is 25.7. The molecule has 0 aliphatic carbocycles. The van der Waals surface area contributed by atoms with Crippen molar-refractivity contribution in [2.45, 2.75) is 32.9 Å². The number of amides is 1. The zero-order chi connectivity index (χ0) is 32.3. The first-order valence-electron chi connectivity index (χ1n) is 14.4. The molecule has 0 unspecified atom stereocenters. The highest BCUT2D eigenvalue weighted by molar-refractivity contribution is 6.05. The number of aromatic nitrogens is 6. The number of fused-ring (bicyclic) bond motifs is 1. The van der Waals surface area contributed by atoms with Gasteiger partial charge in [-0.05, 0) is 83.2 Å². The van der Waals surface area contributed by atoms with Crippen LogP contribution in [-0.4, -0.2) is 67.3 Å². The van der Waals surface area contributed by atoms with Crippen molar-refractivity contribution in [3.63, 3.8) is 0 Å². The van der Waals surface area contributed by atoms with Crippen molar-refractivity contribution in [1.82, 2.24) is 34.2 Å². The Morgan fingerprint density at radius 2 is 1.84 bits per heavy atom. The van der Waals surface area contributed by atoms with Crippen LogP contribution in [0.15, 0.2) is 55.1 Å². The summed E-state index contributed by atoms with van der Waals surface area (Å²) < 4.78 is 44.3. The smallest absolute Gasteiger partial charge is 0.354 e. The molecular weight excluding hydrogens is 585 g/mol. The Morgan fingerprint density at radius 1 is 1.04 bits per heavy atom. The second-order valence-corrected chi connectivity index (χ2v) is 11.1. The van der Waals surface area contributed by atoms with Crippen molar-refractivity contribution in [1.29, 1.82) is 0 Å².